The SMILES string of the molecule is CCCCCCCCCCCCCCCCCCCCOCC(COP(=O)([O-])OCC[N+](C)(C)F)OCCCCC(=O)O. The average Bonchev–Trinajstić information content (AvgIpc) is 2.93. The molecule has 43 heavy (non-hydrogen) atoms. The van der Waals surface area contributed by atoms with E-state index in [-0.39, 0.29) is 39.4 Å². The molecule has 0 aromatic carbocycles. The van der Waals surface area contributed by atoms with E-state index in [0.29, 0.717) is 19.4 Å². The summed E-state index contributed by atoms with van der Waals surface area (Å²) >= 11 is 0. The van der Waals surface area contributed by atoms with Crippen molar-refractivity contribution in [2.75, 3.05) is 53.7 Å². The second kappa shape index (κ2) is 28.8. The number of ether oxygens (including phenoxy) is 2. The smallest absolute Gasteiger partial charge is 0.303 e. The lowest BCUT2D eigenvalue weighted by Gasteiger charge is -2.26. The lowest BCUT2D eigenvalue weighted by Crippen LogP contribution is -2.33. The number of halogens is 1. The number of carbonyl (C=O) groups is 1. The molecule has 0 bridgehead atoms. The van der Waals surface area contributed by atoms with Gasteiger partial charge in [-0.2, -0.15) is 0 Å². The first-order chi connectivity index (χ1) is 20.6. The van der Waals surface area contributed by atoms with E-state index in [0.717, 1.165) is 12.8 Å². The summed E-state index contributed by atoms with van der Waals surface area (Å²) in [4.78, 5) is 22.7. The molecular weight excluding hydrogens is 576 g/mol. The number of carboxylic acid groups (broad SMARTS) is 1. The van der Waals surface area contributed by atoms with E-state index < -0.39 is 24.6 Å². The monoisotopic (exact) mass is 641 g/mol. The van der Waals surface area contributed by atoms with E-state index in [4.69, 9.17) is 23.6 Å². The maximum absolute atomic E-state index is 13.5. The van der Waals surface area contributed by atoms with Gasteiger partial charge in [0.1, 0.15) is 33.4 Å². The molecule has 11 heteroatoms. The Kier molecular flexibility index (Phi) is 28.4. The molecule has 0 amide bonds. The summed E-state index contributed by atoms with van der Waals surface area (Å²) in [5.74, 6) is -0.868. The Labute approximate surface area is 262 Å². The number of carboxylic acids is 1. The minimum absolute atomic E-state index is 0.0490. The third kappa shape index (κ3) is 34.1. The van der Waals surface area contributed by atoms with Gasteiger partial charge in [0.25, 0.3) is 7.82 Å². The summed E-state index contributed by atoms with van der Waals surface area (Å²) < 4.78 is 45.7. The van der Waals surface area contributed by atoms with Crippen LogP contribution in [0.2, 0.25) is 0 Å². The Morgan fingerprint density at radius 3 is 1.65 bits per heavy atom. The van der Waals surface area contributed by atoms with Crippen LogP contribution >= 0.6 is 7.82 Å². The normalized spacial score (nSPS) is 14.2. The molecule has 0 aliphatic rings. The molecular formula is C32H65FNO8P. The van der Waals surface area contributed by atoms with Crippen molar-refractivity contribution in [1.29, 1.82) is 0 Å². The van der Waals surface area contributed by atoms with Gasteiger partial charge in [-0.25, -0.2) is 0 Å². The summed E-state index contributed by atoms with van der Waals surface area (Å²) in [5, 5.41) is 8.76. The number of hydrogen-bond donors (Lipinski definition) is 1. The van der Waals surface area contributed by atoms with Gasteiger partial charge in [0.15, 0.2) is 0 Å². The van der Waals surface area contributed by atoms with Crippen LogP contribution in [0.5, 0.6) is 0 Å². The van der Waals surface area contributed by atoms with Crippen molar-refractivity contribution in [3.05, 3.63) is 0 Å². The molecule has 0 aliphatic carbocycles. The highest BCUT2D eigenvalue weighted by atomic mass is 31.2. The van der Waals surface area contributed by atoms with Crippen LogP contribution in [0.3, 0.4) is 0 Å². The predicted octanol–water partition coefficient (Wildman–Crippen LogP) is 8.15. The lowest BCUT2D eigenvalue weighted by atomic mass is 10.0. The Hall–Kier alpha value is -0.610. The van der Waals surface area contributed by atoms with E-state index in [1.165, 1.54) is 117 Å². The number of phosphoric ester groups is 1. The van der Waals surface area contributed by atoms with Crippen molar-refractivity contribution in [1.82, 2.24) is 0 Å². The molecule has 258 valence electrons. The van der Waals surface area contributed by atoms with Gasteiger partial charge in [-0.15, -0.1) is 4.71 Å². The van der Waals surface area contributed by atoms with E-state index in [2.05, 4.69) is 6.92 Å². The second-order valence-electron chi connectivity index (χ2n) is 12.3. The number of nitrogens with zero attached hydrogens (tertiary/aromatic N) is 1. The van der Waals surface area contributed by atoms with E-state index >= 15 is 0 Å². The van der Waals surface area contributed by atoms with Crippen LogP contribution in [0.4, 0.5) is 4.48 Å². The van der Waals surface area contributed by atoms with Crippen LogP contribution < -0.4 is 4.89 Å². The standard InChI is InChI=1S/C32H65FNO8P/c1-4-5-6-7-8-9-10-11-12-13-14-15-16-17-18-19-20-22-26-39-29-31(40-27-23-21-24-32(35)36)30-42-43(37,38)41-28-25-34(2,3)33/h31H,4-30H2,1-3H3,(H-,35,36,37,38). The van der Waals surface area contributed by atoms with Gasteiger partial charge < -0.3 is 28.5 Å². The van der Waals surface area contributed by atoms with Crippen molar-refractivity contribution in [2.45, 2.75) is 148 Å². The molecule has 0 heterocycles. The fraction of sp³-hybridized carbons (Fsp3) is 0.969. The molecule has 0 rings (SSSR count). The molecule has 0 aromatic rings. The average molecular weight is 642 g/mol. The molecule has 0 spiro atoms. The number of phosphoric acid groups is 1. The number of rotatable bonds is 34. The van der Waals surface area contributed by atoms with Gasteiger partial charge in [-0.1, -0.05) is 116 Å². The van der Waals surface area contributed by atoms with Crippen LogP contribution in [-0.2, 0) is 27.9 Å². The van der Waals surface area contributed by atoms with Crippen molar-refractivity contribution >= 4 is 13.8 Å². The van der Waals surface area contributed by atoms with Gasteiger partial charge in [0.05, 0.1) is 13.2 Å². The largest absolute Gasteiger partial charge is 0.756 e. The lowest BCUT2D eigenvalue weighted by molar-refractivity contribution is -1.02. The number of hydrogen-bond acceptors (Lipinski definition) is 7. The quantitative estimate of drug-likeness (QED) is 0.0425. The van der Waals surface area contributed by atoms with Crippen LogP contribution in [0.1, 0.15) is 142 Å². The van der Waals surface area contributed by atoms with Gasteiger partial charge in [-0.05, 0) is 23.7 Å². The zero-order valence-corrected chi connectivity index (χ0v) is 28.6. The summed E-state index contributed by atoms with van der Waals surface area (Å²) in [7, 11) is -2.04. The van der Waals surface area contributed by atoms with Crippen molar-refractivity contribution in [2.24, 2.45) is 0 Å². The third-order valence-electron chi connectivity index (χ3n) is 7.38. The van der Waals surface area contributed by atoms with Gasteiger partial charge in [-0.3, -0.25) is 9.36 Å². The second-order valence-corrected chi connectivity index (χ2v) is 13.7. The highest BCUT2D eigenvalue weighted by Crippen LogP contribution is 2.38. The Balaban J connectivity index is 3.89. The summed E-state index contributed by atoms with van der Waals surface area (Å²) in [6.07, 6.45) is 24.1. The van der Waals surface area contributed by atoms with Crippen LogP contribution in [0.25, 0.3) is 0 Å². The summed E-state index contributed by atoms with van der Waals surface area (Å²) in [6.45, 7) is 2.49. The van der Waals surface area contributed by atoms with E-state index in [1.807, 2.05) is 0 Å². The topological polar surface area (TPSA) is 114 Å². The van der Waals surface area contributed by atoms with Gasteiger partial charge in [0.2, 0.25) is 0 Å². The van der Waals surface area contributed by atoms with Crippen LogP contribution in [0.15, 0.2) is 0 Å². The first-order valence-corrected chi connectivity index (χ1v) is 18.6. The van der Waals surface area contributed by atoms with E-state index in [9.17, 15) is 18.7 Å². The Bertz CT molecular complexity index is 680. The highest BCUT2D eigenvalue weighted by molar-refractivity contribution is 7.45. The predicted molar refractivity (Wildman–Crippen MR) is 168 cm³/mol. The third-order valence-corrected chi connectivity index (χ3v) is 8.34. The molecule has 0 saturated carbocycles. The maximum atomic E-state index is 13.5. The molecule has 0 radical (unpaired) electrons. The fourth-order valence-corrected chi connectivity index (χ4v) is 5.40. The fourth-order valence-electron chi connectivity index (χ4n) is 4.67. The molecule has 0 saturated heterocycles. The molecule has 2 unspecified atom stereocenters. The first kappa shape index (κ1) is 42.4. The summed E-state index contributed by atoms with van der Waals surface area (Å²) in [6, 6.07) is 0. The van der Waals surface area contributed by atoms with Crippen molar-refractivity contribution in [3.8, 4) is 0 Å². The van der Waals surface area contributed by atoms with Crippen molar-refractivity contribution in [3.63, 3.8) is 0 Å². The maximum Gasteiger partial charge on any atom is 0.303 e. The zero-order valence-electron chi connectivity index (χ0n) is 27.7. The molecule has 0 aromatic heterocycles. The van der Waals surface area contributed by atoms with Crippen LogP contribution in [0, 0.1) is 0 Å². The molecule has 0 aliphatic heterocycles. The van der Waals surface area contributed by atoms with E-state index in [1.54, 1.807) is 0 Å². The minimum atomic E-state index is -4.61. The number of aliphatic carboxylic acids is 1. The number of quaternary nitrogens is 1. The molecule has 9 nitrogen and oxygen atoms in total. The molecule has 0 fully saturated rings. The Morgan fingerprint density at radius 2 is 1.19 bits per heavy atom. The minimum Gasteiger partial charge on any atom is -0.756 e. The molecule has 2 atom stereocenters. The molecule has 1 N–H and O–H groups in total. The summed E-state index contributed by atoms with van der Waals surface area (Å²) in [5.41, 5.74) is 0. The number of likely N-dealkylation sites (N-methyl/N-ethyl adjacent to an activating group) is 1. The first-order valence-electron chi connectivity index (χ1n) is 17.1. The van der Waals surface area contributed by atoms with Crippen LogP contribution in [-0.4, -0.2) is 75.6 Å². The zero-order chi connectivity index (χ0) is 32.1. The highest BCUT2D eigenvalue weighted by Gasteiger charge is 2.19. The van der Waals surface area contributed by atoms with Crippen molar-refractivity contribution < 1.29 is 47.1 Å². The van der Waals surface area contributed by atoms with Gasteiger partial charge in [0, 0.05) is 19.6 Å². The number of unbranched alkanes of at least 4 members (excludes halogenated alkanes) is 18. The van der Waals surface area contributed by atoms with Gasteiger partial charge >= 0.3 is 5.97 Å². The Morgan fingerprint density at radius 1 is 0.721 bits per heavy atom.